The number of fused-ring (bicyclic) bond motifs is 1. The van der Waals surface area contributed by atoms with Gasteiger partial charge in [0.05, 0.1) is 5.69 Å². The second-order valence-corrected chi connectivity index (χ2v) is 7.19. The predicted molar refractivity (Wildman–Crippen MR) is 101 cm³/mol. The van der Waals surface area contributed by atoms with E-state index in [0.29, 0.717) is 25.2 Å². The topological polar surface area (TPSA) is 59.0 Å². The van der Waals surface area contributed by atoms with E-state index in [1.54, 1.807) is 19.2 Å². The van der Waals surface area contributed by atoms with Gasteiger partial charge in [-0.05, 0) is 55.2 Å². The van der Waals surface area contributed by atoms with Crippen LogP contribution in [0.25, 0.3) is 0 Å². The van der Waals surface area contributed by atoms with E-state index in [-0.39, 0.29) is 23.8 Å². The van der Waals surface area contributed by atoms with Crippen LogP contribution < -0.4 is 13.9 Å². The molecule has 0 fully saturated rings. The van der Waals surface area contributed by atoms with E-state index in [4.69, 9.17) is 0 Å². The van der Waals surface area contributed by atoms with Crippen molar-refractivity contribution in [1.29, 1.82) is 0 Å². The summed E-state index contributed by atoms with van der Waals surface area (Å²) in [5.41, 5.74) is 0.251. The van der Waals surface area contributed by atoms with E-state index in [1.807, 2.05) is 0 Å². The van der Waals surface area contributed by atoms with Crippen molar-refractivity contribution < 1.29 is 17.9 Å². The number of anilines is 3. The van der Waals surface area contributed by atoms with Crippen molar-refractivity contribution in [1.82, 2.24) is 5.32 Å². The number of benzene rings is 2. The summed E-state index contributed by atoms with van der Waals surface area (Å²) in [6, 6.07) is 9.99. The second-order valence-electron chi connectivity index (χ2n) is 5.40. The SMILES string of the molecule is CNCCCN1c2cccc(F)c2N(c2ccccc2F)S1(O)O.Cl. The third kappa shape index (κ3) is 3.40. The summed E-state index contributed by atoms with van der Waals surface area (Å²) in [6.45, 7) is 0.959. The fraction of sp³-hybridized carbons (Fsp3) is 0.250. The molecule has 0 aromatic heterocycles. The van der Waals surface area contributed by atoms with Crippen LogP contribution in [-0.4, -0.2) is 29.2 Å². The average molecular weight is 392 g/mol. The van der Waals surface area contributed by atoms with Gasteiger partial charge in [0, 0.05) is 6.54 Å². The smallest absolute Gasteiger partial charge is 0.150 e. The van der Waals surface area contributed by atoms with Gasteiger partial charge in [-0.2, -0.15) is 0 Å². The molecule has 0 saturated heterocycles. The minimum Gasteiger partial charge on any atom is -0.320 e. The second kappa shape index (κ2) is 7.76. The van der Waals surface area contributed by atoms with Gasteiger partial charge < -0.3 is 5.32 Å². The maximum atomic E-state index is 14.5. The number of nitrogens with one attached hydrogen (secondary N) is 1. The zero-order valence-electron chi connectivity index (χ0n) is 13.5. The van der Waals surface area contributed by atoms with Crippen LogP contribution in [0.3, 0.4) is 0 Å². The van der Waals surface area contributed by atoms with Gasteiger partial charge in [-0.25, -0.2) is 13.1 Å². The van der Waals surface area contributed by atoms with E-state index in [9.17, 15) is 17.9 Å². The molecule has 0 radical (unpaired) electrons. The summed E-state index contributed by atoms with van der Waals surface area (Å²) in [5, 5.41) is 2.98. The van der Waals surface area contributed by atoms with Gasteiger partial charge in [-0.3, -0.25) is 13.4 Å². The Morgan fingerprint density at radius 2 is 1.64 bits per heavy atom. The van der Waals surface area contributed by atoms with E-state index < -0.39 is 22.6 Å². The lowest BCUT2D eigenvalue weighted by Crippen LogP contribution is -2.33. The molecule has 0 bridgehead atoms. The summed E-state index contributed by atoms with van der Waals surface area (Å²) in [6.07, 6.45) is 0.618. The first-order valence-corrected chi connectivity index (χ1v) is 8.98. The van der Waals surface area contributed by atoms with Crippen LogP contribution >= 0.6 is 23.4 Å². The van der Waals surface area contributed by atoms with Gasteiger partial charge in [0.2, 0.25) is 0 Å². The number of hydrogen-bond donors (Lipinski definition) is 3. The van der Waals surface area contributed by atoms with Crippen molar-refractivity contribution in [3.63, 3.8) is 0 Å². The third-order valence-electron chi connectivity index (χ3n) is 3.84. The van der Waals surface area contributed by atoms with Crippen molar-refractivity contribution in [2.45, 2.75) is 6.42 Å². The molecule has 3 rings (SSSR count). The lowest BCUT2D eigenvalue weighted by molar-refractivity contribution is 0.482. The molecule has 2 aromatic rings. The molecule has 1 aliphatic heterocycles. The number of hydrogen-bond acceptors (Lipinski definition) is 5. The summed E-state index contributed by atoms with van der Waals surface area (Å²) in [5.74, 6) is -1.28. The van der Waals surface area contributed by atoms with Gasteiger partial charge in [-0.1, -0.05) is 18.2 Å². The summed E-state index contributed by atoms with van der Waals surface area (Å²) in [4.78, 5) is 0. The molecule has 0 spiro atoms. The molecule has 3 N–H and O–H groups in total. The molecule has 0 amide bonds. The Morgan fingerprint density at radius 1 is 1.00 bits per heavy atom. The molecule has 0 saturated carbocycles. The molecule has 5 nitrogen and oxygen atoms in total. The predicted octanol–water partition coefficient (Wildman–Crippen LogP) is 4.53. The molecular formula is C16H20ClF2N3O2S. The molecular weight excluding hydrogens is 372 g/mol. The van der Waals surface area contributed by atoms with Crippen LogP contribution in [0.2, 0.25) is 0 Å². The molecule has 1 heterocycles. The molecule has 2 aromatic carbocycles. The van der Waals surface area contributed by atoms with Crippen LogP contribution in [0.15, 0.2) is 42.5 Å². The standard InChI is InChI=1S/C16H19F2N3O2S.ClH/c1-19-10-5-11-20-15-9-4-7-13(18)16(15)21(24(20,22)23)14-8-3-2-6-12(14)17;/h2-4,6-9,19,22-23H,5,10-11H2,1H3;1H. The highest BCUT2D eigenvalue weighted by atomic mass is 35.5. The Morgan fingerprint density at radius 3 is 2.32 bits per heavy atom. The monoisotopic (exact) mass is 391 g/mol. The largest absolute Gasteiger partial charge is 0.320 e. The maximum absolute atomic E-state index is 14.5. The van der Waals surface area contributed by atoms with E-state index in [2.05, 4.69) is 5.32 Å². The van der Waals surface area contributed by atoms with Crippen LogP contribution in [0.5, 0.6) is 0 Å². The highest BCUT2D eigenvalue weighted by Gasteiger charge is 2.44. The van der Waals surface area contributed by atoms with Gasteiger partial charge in [-0.15, -0.1) is 12.4 Å². The molecule has 0 atom stereocenters. The van der Waals surface area contributed by atoms with E-state index in [0.717, 1.165) is 4.31 Å². The Hall–Kier alpha value is -1.58. The summed E-state index contributed by atoms with van der Waals surface area (Å²) >= 11 is 0. The van der Waals surface area contributed by atoms with Gasteiger partial charge in [0.25, 0.3) is 0 Å². The number of nitrogens with zero attached hydrogens (tertiary/aromatic N) is 2. The Bertz CT molecular complexity index is 751. The zero-order valence-corrected chi connectivity index (χ0v) is 15.2. The quantitative estimate of drug-likeness (QED) is 0.653. The van der Waals surface area contributed by atoms with Crippen molar-refractivity contribution in [2.75, 3.05) is 28.7 Å². The molecule has 1 aliphatic rings. The highest BCUT2D eigenvalue weighted by Crippen LogP contribution is 2.64. The van der Waals surface area contributed by atoms with Crippen molar-refractivity contribution in [2.24, 2.45) is 0 Å². The lowest BCUT2D eigenvalue weighted by atomic mass is 10.2. The first-order chi connectivity index (χ1) is 11.5. The van der Waals surface area contributed by atoms with Gasteiger partial charge >= 0.3 is 0 Å². The molecule has 25 heavy (non-hydrogen) atoms. The van der Waals surface area contributed by atoms with Crippen LogP contribution in [-0.2, 0) is 0 Å². The third-order valence-corrected chi connectivity index (χ3v) is 5.68. The maximum Gasteiger partial charge on any atom is 0.150 e. The molecule has 138 valence electrons. The Balaban J connectivity index is 0.00000225. The van der Waals surface area contributed by atoms with Crippen molar-refractivity contribution in [3.05, 3.63) is 54.1 Å². The fourth-order valence-corrected chi connectivity index (χ4v) is 4.59. The zero-order chi connectivity index (χ0) is 17.3. The van der Waals surface area contributed by atoms with E-state index in [1.165, 1.54) is 34.6 Å². The molecule has 9 heteroatoms. The number of rotatable bonds is 5. The lowest BCUT2D eigenvalue weighted by Gasteiger charge is -2.43. The van der Waals surface area contributed by atoms with Crippen LogP contribution in [0.4, 0.5) is 25.8 Å². The van der Waals surface area contributed by atoms with Crippen molar-refractivity contribution >= 4 is 40.4 Å². The van der Waals surface area contributed by atoms with Crippen LogP contribution in [0, 0.1) is 11.6 Å². The number of para-hydroxylation sites is 2. The Kier molecular flexibility index (Phi) is 6.12. The van der Waals surface area contributed by atoms with Gasteiger partial charge in [0.1, 0.15) is 17.2 Å². The minimum absolute atomic E-state index is 0. The van der Waals surface area contributed by atoms with Gasteiger partial charge in [0.15, 0.2) is 5.82 Å². The minimum atomic E-state index is -3.61. The molecule has 0 aliphatic carbocycles. The molecule has 0 unspecified atom stereocenters. The fourth-order valence-electron chi connectivity index (χ4n) is 2.77. The summed E-state index contributed by atoms with van der Waals surface area (Å²) < 4.78 is 52.5. The Labute approximate surface area is 153 Å². The normalized spacial score (nSPS) is 16.4. The van der Waals surface area contributed by atoms with Crippen LogP contribution in [0.1, 0.15) is 6.42 Å². The van der Waals surface area contributed by atoms with Crippen molar-refractivity contribution in [3.8, 4) is 0 Å². The van der Waals surface area contributed by atoms with E-state index >= 15 is 0 Å². The first kappa shape index (κ1) is 19.7. The summed E-state index contributed by atoms with van der Waals surface area (Å²) in [7, 11) is -1.81. The first-order valence-electron chi connectivity index (χ1n) is 7.52. The number of halogens is 3. The average Bonchev–Trinajstić information content (AvgIpc) is 2.77. The highest BCUT2D eigenvalue weighted by molar-refractivity contribution is 8.27.